The topological polar surface area (TPSA) is 40.6 Å². The number of halogens is 2. The molecule has 0 saturated carbocycles. The van der Waals surface area contributed by atoms with Gasteiger partial charge in [0.05, 0.1) is 0 Å². The summed E-state index contributed by atoms with van der Waals surface area (Å²) in [6, 6.07) is 4.20. The maximum absolute atomic E-state index is 13.4. The Labute approximate surface area is 144 Å². The van der Waals surface area contributed by atoms with Crippen molar-refractivity contribution in [3.05, 3.63) is 34.1 Å². The summed E-state index contributed by atoms with van der Waals surface area (Å²) in [5.74, 6) is -0.456. The molecule has 0 bridgehead atoms. The lowest BCUT2D eigenvalue weighted by Gasteiger charge is -2.33. The van der Waals surface area contributed by atoms with Crippen molar-refractivity contribution in [2.24, 2.45) is 5.92 Å². The Balaban J connectivity index is 1.98. The van der Waals surface area contributed by atoms with E-state index in [4.69, 9.17) is 0 Å². The molecule has 2 rings (SSSR count). The number of likely N-dealkylation sites (tertiary alicyclic amines) is 1. The van der Waals surface area contributed by atoms with Crippen LogP contribution in [0.1, 0.15) is 37.0 Å². The Hall–Kier alpha value is -1.43. The third-order valence-electron chi connectivity index (χ3n) is 4.32. The van der Waals surface area contributed by atoms with E-state index in [1.807, 2.05) is 18.7 Å². The van der Waals surface area contributed by atoms with E-state index in [0.717, 1.165) is 0 Å². The van der Waals surface area contributed by atoms with Crippen molar-refractivity contribution in [2.75, 3.05) is 26.2 Å². The molecule has 1 heterocycles. The molecule has 126 valence electrons. The van der Waals surface area contributed by atoms with Gasteiger partial charge in [-0.3, -0.25) is 9.59 Å². The number of carbonyl (C=O) groups is 2. The van der Waals surface area contributed by atoms with Crippen LogP contribution < -0.4 is 0 Å². The van der Waals surface area contributed by atoms with Crippen LogP contribution in [0.15, 0.2) is 22.7 Å². The van der Waals surface area contributed by atoms with Gasteiger partial charge in [-0.25, -0.2) is 4.39 Å². The predicted octanol–water partition coefficient (Wildman–Crippen LogP) is 3.31. The zero-order valence-corrected chi connectivity index (χ0v) is 15.1. The van der Waals surface area contributed by atoms with Crippen LogP contribution in [0, 0.1) is 11.7 Å². The van der Waals surface area contributed by atoms with Gasteiger partial charge in [-0.2, -0.15) is 0 Å². The molecule has 0 spiro atoms. The van der Waals surface area contributed by atoms with Gasteiger partial charge in [0.1, 0.15) is 5.82 Å². The molecule has 0 radical (unpaired) electrons. The Morgan fingerprint density at radius 2 is 1.83 bits per heavy atom. The van der Waals surface area contributed by atoms with Gasteiger partial charge in [0.25, 0.3) is 5.91 Å². The number of piperidine rings is 1. The smallest absolute Gasteiger partial charge is 0.253 e. The quantitative estimate of drug-likeness (QED) is 0.798. The van der Waals surface area contributed by atoms with Gasteiger partial charge in [-0.05, 0) is 44.9 Å². The summed E-state index contributed by atoms with van der Waals surface area (Å²) in [6.45, 7) is 6.44. The number of carbonyl (C=O) groups excluding carboxylic acids is 2. The largest absolute Gasteiger partial charge is 0.343 e. The van der Waals surface area contributed by atoms with Crippen LogP contribution in [0.4, 0.5) is 4.39 Å². The van der Waals surface area contributed by atoms with Crippen molar-refractivity contribution < 1.29 is 14.0 Å². The van der Waals surface area contributed by atoms with E-state index >= 15 is 0 Å². The van der Waals surface area contributed by atoms with Gasteiger partial charge in [0, 0.05) is 42.1 Å². The Morgan fingerprint density at radius 3 is 2.35 bits per heavy atom. The van der Waals surface area contributed by atoms with E-state index < -0.39 is 5.82 Å². The van der Waals surface area contributed by atoms with Crippen molar-refractivity contribution in [3.8, 4) is 0 Å². The first-order chi connectivity index (χ1) is 11.0. The summed E-state index contributed by atoms with van der Waals surface area (Å²) in [7, 11) is 0. The molecular weight excluding hydrogens is 363 g/mol. The molecule has 1 aromatic rings. The molecule has 0 unspecified atom stereocenters. The number of nitrogens with zero attached hydrogens (tertiary/aromatic N) is 2. The predicted molar refractivity (Wildman–Crippen MR) is 90.7 cm³/mol. The minimum atomic E-state index is -0.436. The van der Waals surface area contributed by atoms with Crippen molar-refractivity contribution in [1.82, 2.24) is 9.80 Å². The molecule has 4 nitrogen and oxygen atoms in total. The van der Waals surface area contributed by atoms with Crippen molar-refractivity contribution >= 4 is 27.7 Å². The molecule has 23 heavy (non-hydrogen) atoms. The normalized spacial score (nSPS) is 15.6. The van der Waals surface area contributed by atoms with Gasteiger partial charge < -0.3 is 9.80 Å². The molecule has 1 saturated heterocycles. The molecule has 1 aliphatic heterocycles. The van der Waals surface area contributed by atoms with Crippen LogP contribution in [0.5, 0.6) is 0 Å². The average molecular weight is 385 g/mol. The van der Waals surface area contributed by atoms with Gasteiger partial charge in [-0.15, -0.1) is 0 Å². The van der Waals surface area contributed by atoms with Gasteiger partial charge in [0.2, 0.25) is 5.91 Å². The molecule has 0 N–H and O–H groups in total. The molecule has 1 fully saturated rings. The minimum Gasteiger partial charge on any atom is -0.343 e. The Morgan fingerprint density at radius 1 is 1.22 bits per heavy atom. The van der Waals surface area contributed by atoms with E-state index in [0.29, 0.717) is 49.1 Å². The number of hydrogen-bond donors (Lipinski definition) is 0. The average Bonchev–Trinajstić information content (AvgIpc) is 2.54. The number of benzene rings is 1. The molecule has 0 aliphatic carbocycles. The highest BCUT2D eigenvalue weighted by molar-refractivity contribution is 9.10. The minimum absolute atomic E-state index is 0.0156. The monoisotopic (exact) mass is 384 g/mol. The van der Waals surface area contributed by atoms with Gasteiger partial charge >= 0.3 is 0 Å². The first-order valence-corrected chi connectivity index (χ1v) is 8.79. The summed E-state index contributed by atoms with van der Waals surface area (Å²) in [5, 5.41) is 0. The number of hydrogen-bond acceptors (Lipinski definition) is 2. The standard InChI is InChI=1S/C17H22BrFN2O2/c1-3-20(4-2)16(22)12-5-7-21(8-6-12)17(23)13-9-14(18)11-15(19)10-13/h9-12H,3-8H2,1-2H3. The second-order valence-electron chi connectivity index (χ2n) is 5.74. The van der Waals surface area contributed by atoms with Gasteiger partial charge in [-0.1, -0.05) is 15.9 Å². The lowest BCUT2D eigenvalue weighted by Crippen LogP contribution is -2.44. The van der Waals surface area contributed by atoms with E-state index in [1.54, 1.807) is 11.0 Å². The van der Waals surface area contributed by atoms with Crippen LogP contribution in [0.25, 0.3) is 0 Å². The summed E-state index contributed by atoms with van der Waals surface area (Å²) < 4.78 is 14.0. The second-order valence-corrected chi connectivity index (χ2v) is 6.65. The Bertz CT molecular complexity index is 562. The van der Waals surface area contributed by atoms with Crippen LogP contribution >= 0.6 is 15.9 Å². The van der Waals surface area contributed by atoms with E-state index in [-0.39, 0.29) is 17.7 Å². The van der Waals surface area contributed by atoms with E-state index in [1.165, 1.54) is 12.1 Å². The van der Waals surface area contributed by atoms with E-state index in [9.17, 15) is 14.0 Å². The summed E-state index contributed by atoms with van der Waals surface area (Å²) in [4.78, 5) is 28.4. The molecule has 0 aromatic heterocycles. The lowest BCUT2D eigenvalue weighted by molar-refractivity contribution is -0.136. The first kappa shape index (κ1) is 17.9. The molecule has 0 atom stereocenters. The van der Waals surface area contributed by atoms with Crippen LogP contribution in [-0.2, 0) is 4.79 Å². The maximum atomic E-state index is 13.4. The fourth-order valence-electron chi connectivity index (χ4n) is 2.98. The highest BCUT2D eigenvalue weighted by atomic mass is 79.9. The number of rotatable bonds is 4. The first-order valence-electron chi connectivity index (χ1n) is 8.00. The van der Waals surface area contributed by atoms with Crippen molar-refractivity contribution in [3.63, 3.8) is 0 Å². The molecule has 2 amide bonds. The fourth-order valence-corrected chi connectivity index (χ4v) is 3.45. The van der Waals surface area contributed by atoms with Crippen LogP contribution in [-0.4, -0.2) is 47.8 Å². The molecule has 1 aliphatic rings. The van der Waals surface area contributed by atoms with Crippen LogP contribution in [0.3, 0.4) is 0 Å². The van der Waals surface area contributed by atoms with Crippen molar-refractivity contribution in [1.29, 1.82) is 0 Å². The molecular formula is C17H22BrFN2O2. The van der Waals surface area contributed by atoms with Crippen molar-refractivity contribution in [2.45, 2.75) is 26.7 Å². The fraction of sp³-hybridized carbons (Fsp3) is 0.529. The lowest BCUT2D eigenvalue weighted by atomic mass is 9.94. The zero-order chi connectivity index (χ0) is 17.0. The highest BCUT2D eigenvalue weighted by Gasteiger charge is 2.29. The van der Waals surface area contributed by atoms with Crippen LogP contribution in [0.2, 0.25) is 0 Å². The third kappa shape index (κ3) is 4.31. The summed E-state index contributed by atoms with van der Waals surface area (Å²) in [6.07, 6.45) is 1.33. The SMILES string of the molecule is CCN(CC)C(=O)C1CCN(C(=O)c2cc(F)cc(Br)c2)CC1. The maximum Gasteiger partial charge on any atom is 0.253 e. The third-order valence-corrected chi connectivity index (χ3v) is 4.77. The summed E-state index contributed by atoms with van der Waals surface area (Å²) in [5.41, 5.74) is 0.338. The highest BCUT2D eigenvalue weighted by Crippen LogP contribution is 2.22. The van der Waals surface area contributed by atoms with Gasteiger partial charge in [0.15, 0.2) is 0 Å². The second kappa shape index (κ2) is 7.90. The molecule has 6 heteroatoms. The van der Waals surface area contributed by atoms with E-state index in [2.05, 4.69) is 15.9 Å². The Kier molecular flexibility index (Phi) is 6.16. The zero-order valence-electron chi connectivity index (χ0n) is 13.5. The summed E-state index contributed by atoms with van der Waals surface area (Å²) >= 11 is 3.20. The molecule has 1 aromatic carbocycles. The number of amides is 2.